The summed E-state index contributed by atoms with van der Waals surface area (Å²) in [4.78, 5) is 29.8. The molecule has 28 heavy (non-hydrogen) atoms. The quantitative estimate of drug-likeness (QED) is 0.784. The van der Waals surface area contributed by atoms with E-state index in [2.05, 4.69) is 48.5 Å². The van der Waals surface area contributed by atoms with Gasteiger partial charge >= 0.3 is 0 Å². The van der Waals surface area contributed by atoms with Crippen molar-refractivity contribution in [3.63, 3.8) is 0 Å². The zero-order chi connectivity index (χ0) is 20.1. The van der Waals surface area contributed by atoms with Crippen LogP contribution in [0.25, 0.3) is 0 Å². The summed E-state index contributed by atoms with van der Waals surface area (Å²) in [5.74, 6) is 0.0478. The molecule has 0 bridgehead atoms. The molecule has 5 nitrogen and oxygen atoms in total. The molecule has 2 aliphatic rings. The third kappa shape index (κ3) is 4.75. The first-order valence-electron chi connectivity index (χ1n) is 10.8. The van der Waals surface area contributed by atoms with Gasteiger partial charge < -0.3 is 15.1 Å². The van der Waals surface area contributed by atoms with E-state index >= 15 is 0 Å². The van der Waals surface area contributed by atoms with Crippen molar-refractivity contribution in [1.82, 2.24) is 15.1 Å². The Kier molecular flexibility index (Phi) is 7.11. The molecule has 1 aromatic rings. The van der Waals surface area contributed by atoms with Crippen molar-refractivity contribution in [2.75, 3.05) is 26.7 Å². The smallest absolute Gasteiger partial charge is 0.225 e. The highest BCUT2D eigenvalue weighted by molar-refractivity contribution is 5.85. The summed E-state index contributed by atoms with van der Waals surface area (Å²) in [7, 11) is 2.16. The number of piperidine rings is 1. The summed E-state index contributed by atoms with van der Waals surface area (Å²) < 4.78 is 0. The molecular formula is C23H35N3O2. The van der Waals surface area contributed by atoms with Gasteiger partial charge in [0.05, 0.1) is 12.0 Å². The maximum atomic E-state index is 13.1. The van der Waals surface area contributed by atoms with Crippen LogP contribution in [0.4, 0.5) is 0 Å². The fraction of sp³-hybridized carbons (Fsp3) is 0.652. The zero-order valence-corrected chi connectivity index (χ0v) is 17.6. The third-order valence-corrected chi connectivity index (χ3v) is 6.51. The van der Waals surface area contributed by atoms with Crippen LogP contribution in [0.3, 0.4) is 0 Å². The van der Waals surface area contributed by atoms with E-state index in [0.29, 0.717) is 32.0 Å². The van der Waals surface area contributed by atoms with E-state index in [1.807, 2.05) is 11.8 Å². The second-order valence-corrected chi connectivity index (χ2v) is 8.39. The Labute approximate surface area is 169 Å². The van der Waals surface area contributed by atoms with E-state index in [-0.39, 0.29) is 23.8 Å². The molecule has 0 spiro atoms. The Morgan fingerprint density at radius 2 is 1.86 bits per heavy atom. The second kappa shape index (κ2) is 9.55. The molecule has 0 radical (unpaired) electrons. The highest BCUT2D eigenvalue weighted by Crippen LogP contribution is 2.36. The maximum Gasteiger partial charge on any atom is 0.225 e. The van der Waals surface area contributed by atoms with Crippen LogP contribution in [0.1, 0.15) is 62.6 Å². The van der Waals surface area contributed by atoms with Crippen molar-refractivity contribution >= 4 is 11.8 Å². The van der Waals surface area contributed by atoms with Gasteiger partial charge in [0.15, 0.2) is 0 Å². The average molecular weight is 386 g/mol. The highest BCUT2D eigenvalue weighted by Gasteiger charge is 2.39. The number of carbonyl (C=O) groups excluding carboxylic acids is 2. The molecule has 154 valence electrons. The Balaban J connectivity index is 1.65. The Hall–Kier alpha value is -1.88. The molecule has 1 heterocycles. The number of aryl methyl sites for hydroxylation is 1. The van der Waals surface area contributed by atoms with Crippen molar-refractivity contribution in [1.29, 1.82) is 0 Å². The van der Waals surface area contributed by atoms with E-state index in [1.165, 1.54) is 31.2 Å². The second-order valence-electron chi connectivity index (χ2n) is 8.39. The molecule has 3 rings (SSSR count). The first-order chi connectivity index (χ1) is 13.5. The zero-order valence-electron chi connectivity index (χ0n) is 17.6. The Morgan fingerprint density at radius 3 is 2.50 bits per heavy atom. The normalized spacial score (nSPS) is 23.4. The SMILES string of the molecule is CCN1C(=O)CC[C@@H](C(=O)NCCN(C)C2CCCC2)[C@@H]1c1ccc(C)cc1. The summed E-state index contributed by atoms with van der Waals surface area (Å²) in [6.07, 6.45) is 6.27. The molecule has 1 N–H and O–H groups in total. The summed E-state index contributed by atoms with van der Waals surface area (Å²) >= 11 is 0. The van der Waals surface area contributed by atoms with Gasteiger partial charge in [-0.1, -0.05) is 42.7 Å². The van der Waals surface area contributed by atoms with Gasteiger partial charge in [-0.3, -0.25) is 9.59 Å². The van der Waals surface area contributed by atoms with E-state index in [0.717, 1.165) is 12.1 Å². The van der Waals surface area contributed by atoms with Gasteiger partial charge in [-0.2, -0.15) is 0 Å². The van der Waals surface area contributed by atoms with Crippen molar-refractivity contribution in [3.05, 3.63) is 35.4 Å². The van der Waals surface area contributed by atoms with E-state index in [4.69, 9.17) is 0 Å². The monoisotopic (exact) mass is 385 g/mol. The predicted molar refractivity (Wildman–Crippen MR) is 112 cm³/mol. The number of nitrogens with one attached hydrogen (secondary N) is 1. The van der Waals surface area contributed by atoms with Crippen LogP contribution in [0.2, 0.25) is 0 Å². The van der Waals surface area contributed by atoms with Gasteiger partial charge in [-0.05, 0) is 45.7 Å². The predicted octanol–water partition coefficient (Wildman–Crippen LogP) is 3.29. The van der Waals surface area contributed by atoms with Crippen LogP contribution in [0.5, 0.6) is 0 Å². The van der Waals surface area contributed by atoms with Crippen molar-refractivity contribution in [2.24, 2.45) is 5.92 Å². The first kappa shape index (κ1) is 20.8. The number of carbonyl (C=O) groups is 2. The molecule has 1 aliphatic heterocycles. The number of likely N-dealkylation sites (tertiary alicyclic amines) is 1. The number of nitrogens with zero attached hydrogens (tertiary/aromatic N) is 2. The summed E-state index contributed by atoms with van der Waals surface area (Å²) in [5.41, 5.74) is 2.24. The lowest BCUT2D eigenvalue weighted by Gasteiger charge is -2.40. The van der Waals surface area contributed by atoms with Gasteiger partial charge in [0.25, 0.3) is 0 Å². The minimum Gasteiger partial charge on any atom is -0.354 e. The number of likely N-dealkylation sites (N-methyl/N-ethyl adjacent to an activating group) is 1. The molecule has 2 atom stereocenters. The van der Waals surface area contributed by atoms with Crippen molar-refractivity contribution in [3.8, 4) is 0 Å². The van der Waals surface area contributed by atoms with Crippen LogP contribution >= 0.6 is 0 Å². The maximum absolute atomic E-state index is 13.1. The van der Waals surface area contributed by atoms with Crippen LogP contribution in [0.15, 0.2) is 24.3 Å². The molecule has 2 amide bonds. The lowest BCUT2D eigenvalue weighted by atomic mass is 9.83. The largest absolute Gasteiger partial charge is 0.354 e. The highest BCUT2D eigenvalue weighted by atomic mass is 16.2. The molecule has 1 saturated heterocycles. The van der Waals surface area contributed by atoms with Gasteiger partial charge in [0.2, 0.25) is 11.8 Å². The standard InChI is InChI=1S/C23H35N3O2/c1-4-26-21(27)14-13-20(22(26)18-11-9-17(2)10-12-18)23(28)24-15-16-25(3)19-7-5-6-8-19/h9-12,19-20,22H,4-8,13-16H2,1-3H3,(H,24,28)/t20-,22+/m1/s1. The van der Waals surface area contributed by atoms with E-state index in [9.17, 15) is 9.59 Å². The van der Waals surface area contributed by atoms with Crippen LogP contribution in [-0.4, -0.2) is 54.3 Å². The lowest BCUT2D eigenvalue weighted by molar-refractivity contribution is -0.143. The van der Waals surface area contributed by atoms with Crippen molar-refractivity contribution in [2.45, 2.75) is 64.5 Å². The summed E-state index contributed by atoms with van der Waals surface area (Å²) in [6, 6.07) is 8.76. The van der Waals surface area contributed by atoms with Crippen LogP contribution in [-0.2, 0) is 9.59 Å². The molecule has 1 aromatic carbocycles. The number of hydrogen-bond donors (Lipinski definition) is 1. The number of hydrogen-bond acceptors (Lipinski definition) is 3. The fourth-order valence-corrected chi connectivity index (χ4v) is 4.79. The third-order valence-electron chi connectivity index (χ3n) is 6.51. The Morgan fingerprint density at radius 1 is 1.18 bits per heavy atom. The minimum absolute atomic E-state index is 0.0800. The Bertz CT molecular complexity index is 667. The van der Waals surface area contributed by atoms with Gasteiger partial charge in [-0.25, -0.2) is 0 Å². The number of rotatable bonds is 7. The topological polar surface area (TPSA) is 52.7 Å². The van der Waals surface area contributed by atoms with Crippen molar-refractivity contribution < 1.29 is 9.59 Å². The molecule has 0 unspecified atom stereocenters. The van der Waals surface area contributed by atoms with Crippen LogP contribution < -0.4 is 5.32 Å². The molecule has 1 aliphatic carbocycles. The molecular weight excluding hydrogens is 350 g/mol. The average Bonchev–Trinajstić information content (AvgIpc) is 3.23. The number of amides is 2. The van der Waals surface area contributed by atoms with Crippen LogP contribution in [0, 0.1) is 12.8 Å². The van der Waals surface area contributed by atoms with Gasteiger partial charge in [-0.15, -0.1) is 0 Å². The molecule has 2 fully saturated rings. The van der Waals surface area contributed by atoms with Gasteiger partial charge in [0, 0.05) is 32.1 Å². The summed E-state index contributed by atoms with van der Waals surface area (Å²) in [5, 5.41) is 3.16. The van der Waals surface area contributed by atoms with E-state index in [1.54, 1.807) is 0 Å². The molecule has 0 aromatic heterocycles. The first-order valence-corrected chi connectivity index (χ1v) is 10.8. The van der Waals surface area contributed by atoms with Gasteiger partial charge in [0.1, 0.15) is 0 Å². The minimum atomic E-state index is -0.183. The summed E-state index contributed by atoms with van der Waals surface area (Å²) in [6.45, 7) is 6.23. The van der Waals surface area contributed by atoms with E-state index < -0.39 is 0 Å². The molecule has 5 heteroatoms. The fourth-order valence-electron chi connectivity index (χ4n) is 4.79. The molecule has 1 saturated carbocycles. The number of benzene rings is 1. The lowest BCUT2D eigenvalue weighted by Crippen LogP contribution is -2.49.